The Labute approximate surface area is 116 Å². The van der Waals surface area contributed by atoms with Crippen molar-refractivity contribution in [2.45, 2.75) is 13.0 Å². The summed E-state index contributed by atoms with van der Waals surface area (Å²) >= 11 is 0. The lowest BCUT2D eigenvalue weighted by atomic mass is 10.3. The lowest BCUT2D eigenvalue weighted by Gasteiger charge is -2.17. The second kappa shape index (κ2) is 7.13. The summed E-state index contributed by atoms with van der Waals surface area (Å²) in [5, 5.41) is 13.4. The van der Waals surface area contributed by atoms with Crippen LogP contribution in [0.25, 0.3) is 0 Å². The molecular formula is C12H19N3O5. The molecule has 0 fully saturated rings. The number of carbonyl (C=O) groups excluding carboxylic acids is 3. The van der Waals surface area contributed by atoms with Gasteiger partial charge in [-0.15, -0.1) is 0 Å². The summed E-state index contributed by atoms with van der Waals surface area (Å²) in [5.74, 6) is -1.49. The van der Waals surface area contributed by atoms with Crippen LogP contribution in [0.4, 0.5) is 0 Å². The average molecular weight is 285 g/mol. The predicted octanol–water partition coefficient (Wildman–Crippen LogP) is -1.73. The molecule has 8 heteroatoms. The highest BCUT2D eigenvalue weighted by Gasteiger charge is 2.29. The molecular weight excluding hydrogens is 266 g/mol. The number of hydrogen-bond donors (Lipinski definition) is 2. The normalized spacial score (nSPS) is 16.6. The van der Waals surface area contributed by atoms with E-state index >= 15 is 0 Å². The fourth-order valence-corrected chi connectivity index (χ4v) is 1.51. The minimum Gasteiger partial charge on any atom is -0.389 e. The van der Waals surface area contributed by atoms with Crippen LogP contribution in [0.5, 0.6) is 0 Å². The summed E-state index contributed by atoms with van der Waals surface area (Å²) < 4.78 is 0. The van der Waals surface area contributed by atoms with Gasteiger partial charge in [0.15, 0.2) is 0 Å². The van der Waals surface area contributed by atoms with Crippen molar-refractivity contribution in [3.05, 3.63) is 11.6 Å². The van der Waals surface area contributed by atoms with Crippen molar-refractivity contribution < 1.29 is 24.3 Å². The highest BCUT2D eigenvalue weighted by Crippen LogP contribution is 2.10. The van der Waals surface area contributed by atoms with Gasteiger partial charge in [-0.3, -0.25) is 24.1 Å². The zero-order valence-electron chi connectivity index (χ0n) is 11.8. The molecule has 0 aromatic carbocycles. The molecule has 0 aromatic heterocycles. The number of rotatable bonds is 7. The molecule has 20 heavy (non-hydrogen) atoms. The molecule has 0 saturated carbocycles. The van der Waals surface area contributed by atoms with Crippen molar-refractivity contribution in [2.75, 3.05) is 33.8 Å². The molecule has 1 aliphatic rings. The molecule has 0 bridgehead atoms. The number of carbonyl (C=O) groups is 3. The smallest absolute Gasteiger partial charge is 0.257 e. The van der Waals surface area contributed by atoms with Gasteiger partial charge in [-0.25, -0.2) is 0 Å². The van der Waals surface area contributed by atoms with Gasteiger partial charge in [0.25, 0.3) is 11.8 Å². The Morgan fingerprint density at radius 1 is 1.50 bits per heavy atom. The van der Waals surface area contributed by atoms with E-state index < -0.39 is 23.8 Å². The van der Waals surface area contributed by atoms with Gasteiger partial charge < -0.3 is 10.4 Å². The fourth-order valence-electron chi connectivity index (χ4n) is 1.51. The Bertz CT molecular complexity index is 433. The average Bonchev–Trinajstić information content (AvgIpc) is 2.60. The Hall–Kier alpha value is -1.77. The fraction of sp³-hybridized carbons (Fsp3) is 0.583. The second-order valence-corrected chi connectivity index (χ2v) is 4.62. The maximum Gasteiger partial charge on any atom is 0.257 e. The first-order chi connectivity index (χ1) is 9.31. The van der Waals surface area contributed by atoms with E-state index in [9.17, 15) is 19.5 Å². The maximum atomic E-state index is 11.6. The number of aliphatic hydroxyl groups excluding tert-OH is 1. The quantitative estimate of drug-likeness (QED) is 0.426. The lowest BCUT2D eigenvalue weighted by molar-refractivity contribution is -0.146. The number of hydroxylamine groups is 2. The van der Waals surface area contributed by atoms with E-state index in [0.29, 0.717) is 5.57 Å². The SMILES string of the molecule is CC1=CC(=O)N(CC(=O)NCC(O)CON(C)C)C1=O. The minimum atomic E-state index is -0.869. The first-order valence-electron chi connectivity index (χ1n) is 6.10. The van der Waals surface area contributed by atoms with E-state index in [1.165, 1.54) is 18.1 Å². The van der Waals surface area contributed by atoms with Gasteiger partial charge >= 0.3 is 0 Å². The van der Waals surface area contributed by atoms with Crippen LogP contribution in [0, 0.1) is 0 Å². The summed E-state index contributed by atoms with van der Waals surface area (Å²) in [6.07, 6.45) is 0.321. The van der Waals surface area contributed by atoms with Gasteiger partial charge in [0, 0.05) is 32.3 Å². The molecule has 1 heterocycles. The molecule has 0 aliphatic carbocycles. The predicted molar refractivity (Wildman–Crippen MR) is 69.1 cm³/mol. The summed E-state index contributed by atoms with van der Waals surface area (Å²) in [4.78, 5) is 40.4. The van der Waals surface area contributed by atoms with Gasteiger partial charge in [0.05, 0.1) is 12.7 Å². The first-order valence-corrected chi connectivity index (χ1v) is 6.10. The number of nitrogens with zero attached hydrogens (tertiary/aromatic N) is 2. The van der Waals surface area contributed by atoms with E-state index in [2.05, 4.69) is 5.32 Å². The minimum absolute atomic E-state index is 0.0185. The number of aliphatic hydroxyl groups is 1. The Morgan fingerprint density at radius 2 is 2.15 bits per heavy atom. The van der Waals surface area contributed by atoms with E-state index in [0.717, 1.165) is 4.90 Å². The molecule has 0 aromatic rings. The molecule has 1 atom stereocenters. The highest BCUT2D eigenvalue weighted by atomic mass is 16.7. The molecule has 2 N–H and O–H groups in total. The Morgan fingerprint density at radius 3 is 2.65 bits per heavy atom. The number of imide groups is 1. The summed E-state index contributed by atoms with van der Waals surface area (Å²) in [7, 11) is 3.34. The Balaban J connectivity index is 2.31. The van der Waals surface area contributed by atoms with E-state index in [1.807, 2.05) is 0 Å². The molecule has 3 amide bonds. The van der Waals surface area contributed by atoms with Crippen molar-refractivity contribution in [2.24, 2.45) is 0 Å². The van der Waals surface area contributed by atoms with E-state index in [-0.39, 0.29) is 19.7 Å². The molecule has 1 unspecified atom stereocenters. The van der Waals surface area contributed by atoms with Crippen LogP contribution in [-0.4, -0.2) is 72.7 Å². The third-order valence-corrected chi connectivity index (χ3v) is 2.55. The highest BCUT2D eigenvalue weighted by molar-refractivity contribution is 6.17. The number of hydrogen-bond acceptors (Lipinski definition) is 6. The number of amides is 3. The molecule has 1 aliphatic heterocycles. The van der Waals surface area contributed by atoms with Crippen LogP contribution in [0.15, 0.2) is 11.6 Å². The van der Waals surface area contributed by atoms with Crippen LogP contribution in [-0.2, 0) is 19.2 Å². The summed E-state index contributed by atoms with van der Waals surface area (Å²) in [6.45, 7) is 1.18. The van der Waals surface area contributed by atoms with Crippen LogP contribution in [0.1, 0.15) is 6.92 Å². The van der Waals surface area contributed by atoms with Crippen molar-refractivity contribution in [1.82, 2.24) is 15.3 Å². The van der Waals surface area contributed by atoms with Crippen LogP contribution in [0.2, 0.25) is 0 Å². The van der Waals surface area contributed by atoms with Crippen molar-refractivity contribution in [3.8, 4) is 0 Å². The maximum absolute atomic E-state index is 11.6. The standard InChI is InChI=1S/C12H19N3O5/c1-8-4-11(18)15(12(8)19)6-10(17)13-5-9(16)7-20-14(2)3/h4,9,16H,5-7H2,1-3H3,(H,13,17). The van der Waals surface area contributed by atoms with Crippen LogP contribution < -0.4 is 5.32 Å². The van der Waals surface area contributed by atoms with Gasteiger partial charge in [0.1, 0.15) is 6.54 Å². The van der Waals surface area contributed by atoms with Crippen LogP contribution in [0.3, 0.4) is 0 Å². The summed E-state index contributed by atoms with van der Waals surface area (Å²) in [6, 6.07) is 0. The topological polar surface area (TPSA) is 99.2 Å². The molecule has 0 saturated heterocycles. The van der Waals surface area contributed by atoms with Gasteiger partial charge in [-0.1, -0.05) is 0 Å². The largest absolute Gasteiger partial charge is 0.389 e. The van der Waals surface area contributed by atoms with Crippen molar-refractivity contribution >= 4 is 17.7 Å². The monoisotopic (exact) mass is 285 g/mol. The molecule has 8 nitrogen and oxygen atoms in total. The molecule has 0 radical (unpaired) electrons. The third kappa shape index (κ3) is 4.72. The van der Waals surface area contributed by atoms with Gasteiger partial charge in [-0.05, 0) is 6.92 Å². The first kappa shape index (κ1) is 16.3. The second-order valence-electron chi connectivity index (χ2n) is 4.62. The zero-order chi connectivity index (χ0) is 15.3. The third-order valence-electron chi connectivity index (χ3n) is 2.55. The van der Waals surface area contributed by atoms with Crippen LogP contribution >= 0.6 is 0 Å². The summed E-state index contributed by atoms with van der Waals surface area (Å²) in [5.41, 5.74) is 0.308. The van der Waals surface area contributed by atoms with E-state index in [4.69, 9.17) is 4.84 Å². The zero-order valence-corrected chi connectivity index (χ0v) is 11.8. The number of nitrogens with one attached hydrogen (secondary N) is 1. The molecule has 1 rings (SSSR count). The van der Waals surface area contributed by atoms with Crippen molar-refractivity contribution in [1.29, 1.82) is 0 Å². The lowest BCUT2D eigenvalue weighted by Crippen LogP contribution is -2.43. The van der Waals surface area contributed by atoms with Crippen molar-refractivity contribution in [3.63, 3.8) is 0 Å². The van der Waals surface area contributed by atoms with E-state index in [1.54, 1.807) is 14.1 Å². The van der Waals surface area contributed by atoms with Gasteiger partial charge in [-0.2, -0.15) is 5.06 Å². The molecule has 112 valence electrons. The Kier molecular flexibility index (Phi) is 5.81. The van der Waals surface area contributed by atoms with Gasteiger partial charge in [0.2, 0.25) is 5.91 Å². The molecule has 0 spiro atoms.